The first kappa shape index (κ1) is 64.0. The highest BCUT2D eigenvalue weighted by molar-refractivity contribution is 7.45. The van der Waals surface area contributed by atoms with Gasteiger partial charge in [0.05, 0.1) is 39.9 Å². The number of likely N-dealkylation sites (N-methyl/N-ethyl adjacent to an activating group) is 1. The number of amides is 1. The molecule has 0 saturated heterocycles. The van der Waals surface area contributed by atoms with E-state index in [0.717, 1.165) is 38.5 Å². The number of aliphatic hydroxyl groups excluding tert-OH is 1. The highest BCUT2D eigenvalue weighted by Gasteiger charge is 2.23. The lowest BCUT2D eigenvalue weighted by atomic mass is 10.0. The van der Waals surface area contributed by atoms with Crippen molar-refractivity contribution in [3.05, 3.63) is 24.3 Å². The molecule has 0 heterocycles. The summed E-state index contributed by atoms with van der Waals surface area (Å²) in [5.41, 5.74) is 0. The van der Waals surface area contributed by atoms with Crippen molar-refractivity contribution in [2.24, 2.45) is 0 Å². The molecule has 65 heavy (non-hydrogen) atoms. The maximum absolute atomic E-state index is 12.9. The van der Waals surface area contributed by atoms with Gasteiger partial charge >= 0.3 is 0 Å². The van der Waals surface area contributed by atoms with Crippen molar-refractivity contribution in [3.8, 4) is 0 Å². The molecular formula is C56H111N2O6P. The Morgan fingerprint density at radius 1 is 0.523 bits per heavy atom. The number of unbranched alkanes of at least 4 members (excludes halogenated alkanes) is 37. The van der Waals surface area contributed by atoms with Crippen molar-refractivity contribution >= 4 is 13.7 Å². The van der Waals surface area contributed by atoms with Crippen LogP contribution in [0.25, 0.3) is 0 Å². The zero-order valence-corrected chi connectivity index (χ0v) is 44.9. The van der Waals surface area contributed by atoms with E-state index in [2.05, 4.69) is 31.3 Å². The van der Waals surface area contributed by atoms with Gasteiger partial charge in [-0.15, -0.1) is 0 Å². The van der Waals surface area contributed by atoms with Gasteiger partial charge in [-0.25, -0.2) is 0 Å². The molecule has 0 aromatic heterocycles. The Balaban J connectivity index is 4.14. The van der Waals surface area contributed by atoms with Crippen molar-refractivity contribution in [1.82, 2.24) is 5.32 Å². The molecule has 0 bridgehead atoms. The van der Waals surface area contributed by atoms with Crippen molar-refractivity contribution in [2.75, 3.05) is 40.9 Å². The predicted octanol–water partition coefficient (Wildman–Crippen LogP) is 16.2. The average molecular weight is 939 g/mol. The van der Waals surface area contributed by atoms with Crippen LogP contribution in [0.2, 0.25) is 0 Å². The Bertz CT molecular complexity index is 1110. The SMILES string of the molecule is CCCCCCCCCC/C=C\CCCCCCCCCCCCCCCCCC(=O)NC(COP(=O)([O-])OCC[N+](C)(C)C)C(O)/C=C/CCCCCCCCCCCCCCCC. The predicted molar refractivity (Wildman–Crippen MR) is 279 cm³/mol. The van der Waals surface area contributed by atoms with Crippen molar-refractivity contribution in [1.29, 1.82) is 0 Å². The van der Waals surface area contributed by atoms with E-state index in [-0.39, 0.29) is 19.1 Å². The Morgan fingerprint density at radius 3 is 1.20 bits per heavy atom. The summed E-state index contributed by atoms with van der Waals surface area (Å²) in [6.45, 7) is 4.68. The molecule has 0 rings (SSSR count). The summed E-state index contributed by atoms with van der Waals surface area (Å²) in [7, 11) is 1.27. The maximum Gasteiger partial charge on any atom is 0.268 e. The Kier molecular flexibility index (Phi) is 47.3. The highest BCUT2D eigenvalue weighted by Crippen LogP contribution is 2.38. The van der Waals surface area contributed by atoms with E-state index in [1.54, 1.807) is 6.08 Å². The molecule has 3 atom stereocenters. The van der Waals surface area contributed by atoms with E-state index in [9.17, 15) is 19.4 Å². The first-order valence-electron chi connectivity index (χ1n) is 28.2. The number of nitrogens with one attached hydrogen (secondary N) is 1. The summed E-state index contributed by atoms with van der Waals surface area (Å²) in [6, 6.07) is -0.883. The van der Waals surface area contributed by atoms with Crippen LogP contribution in [-0.2, 0) is 18.4 Å². The van der Waals surface area contributed by atoms with Gasteiger partial charge in [0, 0.05) is 6.42 Å². The van der Waals surface area contributed by atoms with Crippen LogP contribution in [0.15, 0.2) is 24.3 Å². The average Bonchev–Trinajstić information content (AvgIpc) is 3.26. The number of hydrogen-bond acceptors (Lipinski definition) is 6. The van der Waals surface area contributed by atoms with Crippen molar-refractivity contribution in [3.63, 3.8) is 0 Å². The molecule has 0 fully saturated rings. The fourth-order valence-electron chi connectivity index (χ4n) is 8.44. The number of phosphoric ester groups is 1. The number of rotatable bonds is 52. The fourth-order valence-corrected chi connectivity index (χ4v) is 9.17. The monoisotopic (exact) mass is 939 g/mol. The quantitative estimate of drug-likeness (QED) is 0.0272. The fraction of sp³-hybridized carbons (Fsp3) is 0.911. The third-order valence-corrected chi connectivity index (χ3v) is 13.9. The molecule has 0 aliphatic rings. The smallest absolute Gasteiger partial charge is 0.268 e. The van der Waals surface area contributed by atoms with Crippen molar-refractivity contribution in [2.45, 2.75) is 289 Å². The molecule has 0 saturated carbocycles. The van der Waals surface area contributed by atoms with Gasteiger partial charge in [-0.3, -0.25) is 9.36 Å². The molecule has 9 heteroatoms. The zero-order chi connectivity index (χ0) is 47.8. The molecule has 3 unspecified atom stereocenters. The van der Waals surface area contributed by atoms with Gasteiger partial charge in [-0.1, -0.05) is 250 Å². The standard InChI is InChI=1S/C56H111N2O6P/c1-6-8-10-12-14-16-18-20-22-24-25-26-27-28-29-30-31-32-33-34-36-38-40-42-44-46-48-50-56(60)57-54(53-64-65(61,62)63-52-51-58(3,4)5)55(59)49-47-45-43-41-39-37-35-23-21-19-17-15-13-11-9-7-2/h24-25,47,49,54-55,59H,6-23,26-46,48,50-53H2,1-5H3,(H-,57,60,61,62)/b25-24-,49-47+. The summed E-state index contributed by atoms with van der Waals surface area (Å²) >= 11 is 0. The number of nitrogens with zero attached hydrogens (tertiary/aromatic N) is 1. The first-order chi connectivity index (χ1) is 31.5. The molecule has 0 aliphatic carbocycles. The molecule has 386 valence electrons. The molecule has 0 radical (unpaired) electrons. The molecule has 8 nitrogen and oxygen atoms in total. The Morgan fingerprint density at radius 2 is 0.846 bits per heavy atom. The highest BCUT2D eigenvalue weighted by atomic mass is 31.2. The first-order valence-corrected chi connectivity index (χ1v) is 29.7. The van der Waals surface area contributed by atoms with Crippen molar-refractivity contribution < 1.29 is 32.9 Å². The number of hydrogen-bond donors (Lipinski definition) is 2. The number of allylic oxidation sites excluding steroid dienone is 3. The van der Waals surface area contributed by atoms with Gasteiger partial charge in [0.2, 0.25) is 5.91 Å². The third-order valence-electron chi connectivity index (χ3n) is 12.9. The lowest BCUT2D eigenvalue weighted by Gasteiger charge is -2.29. The molecule has 0 aromatic carbocycles. The van der Waals surface area contributed by atoms with Gasteiger partial charge in [0.1, 0.15) is 13.2 Å². The maximum atomic E-state index is 12.9. The van der Waals surface area contributed by atoms with E-state index in [0.29, 0.717) is 17.4 Å². The molecule has 0 aliphatic heterocycles. The summed E-state index contributed by atoms with van der Waals surface area (Å²) in [5.74, 6) is -0.193. The minimum atomic E-state index is -4.59. The number of phosphoric acid groups is 1. The van der Waals surface area contributed by atoms with Gasteiger partial charge in [-0.2, -0.15) is 0 Å². The van der Waals surface area contributed by atoms with E-state index in [1.807, 2.05) is 27.2 Å². The van der Waals surface area contributed by atoms with E-state index in [4.69, 9.17) is 9.05 Å². The number of carbonyl (C=O) groups excluding carboxylic acids is 1. The van der Waals surface area contributed by atoms with Crippen LogP contribution in [0.1, 0.15) is 277 Å². The Hall–Kier alpha value is -1.02. The second-order valence-electron chi connectivity index (χ2n) is 20.6. The number of aliphatic hydroxyl groups is 1. The van der Waals surface area contributed by atoms with Crippen LogP contribution in [0.3, 0.4) is 0 Å². The van der Waals surface area contributed by atoms with Crippen LogP contribution < -0.4 is 10.2 Å². The normalized spacial score (nSPS) is 14.1. The second-order valence-corrected chi connectivity index (χ2v) is 22.1. The molecular weight excluding hydrogens is 828 g/mol. The van der Waals surface area contributed by atoms with Crippen LogP contribution in [0.4, 0.5) is 0 Å². The third kappa shape index (κ3) is 50.7. The van der Waals surface area contributed by atoms with Gasteiger partial charge in [0.25, 0.3) is 7.82 Å². The van der Waals surface area contributed by atoms with E-state index >= 15 is 0 Å². The summed E-state index contributed by atoms with van der Waals surface area (Å²) in [4.78, 5) is 25.5. The Labute approximate surface area is 404 Å². The van der Waals surface area contributed by atoms with Crippen LogP contribution in [-0.4, -0.2) is 68.5 Å². The van der Waals surface area contributed by atoms with E-state index in [1.165, 1.54) is 218 Å². The second kappa shape index (κ2) is 48.0. The summed E-state index contributed by atoms with van der Waals surface area (Å²) in [5, 5.41) is 13.9. The summed E-state index contributed by atoms with van der Waals surface area (Å²) in [6.07, 6.45) is 59.6. The zero-order valence-electron chi connectivity index (χ0n) is 44.0. The minimum absolute atomic E-state index is 0.00114. The molecule has 1 amide bonds. The topological polar surface area (TPSA) is 108 Å². The van der Waals surface area contributed by atoms with Crippen LogP contribution >= 0.6 is 7.82 Å². The molecule has 0 aromatic rings. The lowest BCUT2D eigenvalue weighted by Crippen LogP contribution is -2.45. The molecule has 2 N–H and O–H groups in total. The van der Waals surface area contributed by atoms with E-state index < -0.39 is 20.0 Å². The van der Waals surface area contributed by atoms with Gasteiger partial charge < -0.3 is 28.8 Å². The largest absolute Gasteiger partial charge is 0.756 e. The molecule has 0 spiro atoms. The van der Waals surface area contributed by atoms with Crippen LogP contribution in [0, 0.1) is 0 Å². The lowest BCUT2D eigenvalue weighted by molar-refractivity contribution is -0.870. The summed E-state index contributed by atoms with van der Waals surface area (Å²) < 4.78 is 23.3. The minimum Gasteiger partial charge on any atom is -0.756 e. The van der Waals surface area contributed by atoms with Crippen LogP contribution in [0.5, 0.6) is 0 Å². The van der Waals surface area contributed by atoms with Gasteiger partial charge in [-0.05, 0) is 44.9 Å². The number of quaternary nitrogens is 1. The van der Waals surface area contributed by atoms with Gasteiger partial charge in [0.15, 0.2) is 0 Å². The number of carbonyl (C=O) groups is 1.